The number of nitrogens with zero attached hydrogens (tertiary/aromatic N) is 4. The van der Waals surface area contributed by atoms with Crippen molar-refractivity contribution in [1.29, 1.82) is 0 Å². The van der Waals surface area contributed by atoms with Crippen LogP contribution in [0.3, 0.4) is 0 Å². The Morgan fingerprint density at radius 3 is 1.29 bits per heavy atom. The second-order valence-electron chi connectivity index (χ2n) is 23.5. The summed E-state index contributed by atoms with van der Waals surface area (Å²) in [6, 6.07) is 8.84. The van der Waals surface area contributed by atoms with Crippen LogP contribution in [0.4, 0.5) is 15.8 Å². The standard InChI is InChI=1S/C33H29Cl4N2O3.C32H26Cl4N2O3.CH3F.HI/c1-41-33(40)24-23(25(34)27(36)28(37)26(24)35)22-20-14-16-6-2-10-38-12-4-8-18(29(16)38)31(20)42-32-19-9-5-13-39-11-3-7-17(30(19)39)15-21(22)32;33-24-22(23(32(39)40)25(34)27(36)26(24)35)21-19-13-15-5-1-9-37-11-3-7-17(28(15)37)30(19)41-31-18-8-4-12-38-10-2-6-16(29(18)38)14-20(21)31;1-2;/h14-15H,2-13H2,1H3;13-14H,1-12H2;1H3;1H/q+1;;;/p-1/i;;1D;. The van der Waals surface area contributed by atoms with Crippen molar-refractivity contribution in [3.8, 4) is 23.0 Å². The Morgan fingerprint density at radius 1 is 0.512 bits per heavy atom. The molecule has 0 aliphatic carbocycles. The smallest absolute Gasteiger partial charge is 0.340 e. The Bertz CT molecular complexity index is 4320. The van der Waals surface area contributed by atoms with Crippen LogP contribution >= 0.6 is 92.8 Å². The van der Waals surface area contributed by atoms with E-state index >= 15 is 0 Å². The Hall–Kier alpha value is -4.22. The largest absolute Gasteiger partial charge is 1.00 e. The number of rotatable bonds is 4. The van der Waals surface area contributed by atoms with E-state index in [-0.39, 0.29) is 80.8 Å². The highest BCUT2D eigenvalue weighted by molar-refractivity contribution is 6.54. The first-order chi connectivity index (χ1) is 41.6. The third kappa shape index (κ3) is 9.38. The summed E-state index contributed by atoms with van der Waals surface area (Å²) in [6.45, 7) is 8.35. The molecule has 448 valence electrons. The molecule has 10 aliphatic heterocycles. The Balaban J connectivity index is 0.000000152. The number of aromatic carboxylic acids is 1. The van der Waals surface area contributed by atoms with Gasteiger partial charge in [-0.25, -0.2) is 13.9 Å². The molecule has 0 bridgehead atoms. The molecule has 0 amide bonds. The molecule has 0 spiro atoms. The summed E-state index contributed by atoms with van der Waals surface area (Å²) < 4.78 is 39.9. The molecular weight excluding hydrogens is 1370 g/mol. The number of anilines is 2. The first kappa shape index (κ1) is 59.4. The fraction of sp³-hybridized carbons (Fsp3) is 0.394. The lowest BCUT2D eigenvalue weighted by Gasteiger charge is -2.39. The highest BCUT2D eigenvalue weighted by atomic mass is 127. The number of esters is 1. The van der Waals surface area contributed by atoms with Crippen molar-refractivity contribution in [2.24, 2.45) is 0 Å². The second-order valence-corrected chi connectivity index (χ2v) is 26.5. The number of fused-ring (bicyclic) bond motifs is 8. The van der Waals surface area contributed by atoms with Crippen molar-refractivity contribution >= 4 is 127 Å². The van der Waals surface area contributed by atoms with E-state index in [4.69, 9.17) is 108 Å². The lowest BCUT2D eigenvalue weighted by atomic mass is 9.81. The molecule has 0 saturated heterocycles. The van der Waals surface area contributed by atoms with Crippen LogP contribution < -0.4 is 78.7 Å². The summed E-state index contributed by atoms with van der Waals surface area (Å²) in [5.74, 6) is 1.19. The van der Waals surface area contributed by atoms with E-state index in [2.05, 4.69) is 43.2 Å². The van der Waals surface area contributed by atoms with Gasteiger partial charge in [0.05, 0.1) is 78.5 Å². The molecule has 86 heavy (non-hydrogen) atoms. The zero-order chi connectivity index (χ0) is 59.7. The van der Waals surface area contributed by atoms with Gasteiger partial charge in [-0.05, 0) is 112 Å². The second kappa shape index (κ2) is 23.9. The van der Waals surface area contributed by atoms with Gasteiger partial charge >= 0.3 is 5.97 Å². The molecule has 0 saturated carbocycles. The van der Waals surface area contributed by atoms with Gasteiger partial charge in [0.15, 0.2) is 0 Å². The van der Waals surface area contributed by atoms with Crippen molar-refractivity contribution < 1.29 is 58.6 Å². The zero-order valence-electron chi connectivity index (χ0n) is 48.0. The quantitative estimate of drug-likeness (QED) is 0.0567. The molecule has 10 nitrogen and oxygen atoms in total. The monoisotopic (exact) mass is 1430 g/mol. The highest BCUT2D eigenvalue weighted by Gasteiger charge is 2.41. The van der Waals surface area contributed by atoms with Gasteiger partial charge in [0.2, 0.25) is 10.7 Å². The number of benzene rings is 6. The van der Waals surface area contributed by atoms with Gasteiger partial charge in [-0.1, -0.05) is 92.8 Å². The molecule has 20 heteroatoms. The third-order valence-electron chi connectivity index (χ3n) is 19.0. The van der Waals surface area contributed by atoms with Crippen LogP contribution in [0.5, 0.6) is 23.0 Å². The lowest BCUT2D eigenvalue weighted by Crippen LogP contribution is -3.00. The number of carboxylic acid groups (broad SMARTS) is 1. The number of carbonyl (C=O) groups excluding carboxylic acids is 2. The van der Waals surface area contributed by atoms with Crippen molar-refractivity contribution in [1.82, 2.24) is 9.15 Å². The molecular formula is C66H58Cl8FIN4O6. The maximum Gasteiger partial charge on any atom is 0.340 e. The Kier molecular flexibility index (Phi) is 16.5. The molecule has 0 aromatic heterocycles. The number of hydrogen-bond donors (Lipinski definition) is 0. The van der Waals surface area contributed by atoms with Crippen molar-refractivity contribution in [2.75, 3.05) is 76.4 Å². The number of ether oxygens (including phenoxy) is 3. The van der Waals surface area contributed by atoms with Gasteiger partial charge < -0.3 is 57.9 Å². The summed E-state index contributed by atoms with van der Waals surface area (Å²) in [5, 5.41) is 17.2. The number of carbonyl (C=O) groups is 2. The van der Waals surface area contributed by atoms with Gasteiger partial charge in [-0.2, -0.15) is 0 Å². The lowest BCUT2D eigenvalue weighted by molar-refractivity contribution is -0.255. The number of carboxylic acids is 1. The molecule has 10 heterocycles. The molecule has 0 N–H and O–H groups in total. The fourth-order valence-electron chi connectivity index (χ4n) is 15.8. The molecule has 0 radical (unpaired) electrons. The van der Waals surface area contributed by atoms with Crippen molar-refractivity contribution in [3.05, 3.63) is 163 Å². The maximum atomic E-state index is 13.4. The van der Waals surface area contributed by atoms with Gasteiger partial charge in [0, 0.05) is 135 Å². The summed E-state index contributed by atoms with van der Waals surface area (Å²) in [5.41, 5.74) is 16.3. The topological polar surface area (TPSA) is 97.4 Å². The summed E-state index contributed by atoms with van der Waals surface area (Å²) in [7, 11) is 0.333. The number of methoxy groups -OCH3 is 1. The summed E-state index contributed by atoms with van der Waals surface area (Å²) >= 11 is 53.7. The third-order valence-corrected chi connectivity index (χ3v) is 22.6. The summed E-state index contributed by atoms with van der Waals surface area (Å²) in [4.78, 5) is 31.1. The van der Waals surface area contributed by atoms with Crippen molar-refractivity contribution in [2.45, 2.75) is 103 Å². The van der Waals surface area contributed by atoms with Crippen molar-refractivity contribution in [3.63, 3.8) is 0 Å². The number of aryl methyl sites for hydroxylation is 4. The van der Waals surface area contributed by atoms with Crippen LogP contribution in [0.2, 0.25) is 40.2 Å². The molecule has 0 unspecified atom stereocenters. The van der Waals surface area contributed by atoms with Crippen LogP contribution in [0.1, 0.15) is 140 Å². The first-order valence-electron chi connectivity index (χ1n) is 30.1. The normalized spacial score (nSPS) is 17.8. The number of alkyl halides is 1. The molecule has 0 fully saturated rings. The van der Waals surface area contributed by atoms with Gasteiger partial charge in [-0.15, -0.1) is 0 Å². The SMILES string of the molecule is COC(=O)c1c(Cl)c(Cl)c(Cl)c(Cl)c1C1=c2cc3c4c(c2Oc2c1cc1c5c2CCCN5CCC1)CCC[N+]=4CCC3.O=C([O-])c1c(Cl)c(Cl)c(Cl)c(Cl)c1C1=c2cc3c4c(c2Oc2c1cc1c5c2CCCN5CCC1)CCC[N+]=4CCC3.[2H]CF.[I-]. The van der Waals surface area contributed by atoms with E-state index in [0.29, 0.717) is 11.1 Å². The molecule has 0 atom stereocenters. The molecule has 10 aliphatic rings. The van der Waals surface area contributed by atoms with E-state index in [1.54, 1.807) is 0 Å². The zero-order valence-corrected chi connectivity index (χ0v) is 55.2. The Labute approximate surface area is 556 Å². The minimum atomic E-state index is -1.46. The minimum Gasteiger partial charge on any atom is -1.00 e. The minimum absolute atomic E-state index is 0. The van der Waals surface area contributed by atoms with Crippen LogP contribution in [0.25, 0.3) is 11.1 Å². The van der Waals surface area contributed by atoms with Crippen LogP contribution in [-0.2, 0) is 56.1 Å². The van der Waals surface area contributed by atoms with Gasteiger partial charge in [-0.3, -0.25) is 4.39 Å². The van der Waals surface area contributed by atoms with Gasteiger partial charge in [0.1, 0.15) is 49.2 Å². The van der Waals surface area contributed by atoms with E-state index in [1.165, 1.54) is 73.7 Å². The predicted octanol–water partition coefficient (Wildman–Crippen LogP) is 9.21. The average Bonchev–Trinajstić information content (AvgIpc) is 0.731. The molecule has 16 rings (SSSR count). The van der Waals surface area contributed by atoms with Crippen LogP contribution in [0, 0.1) is 0 Å². The summed E-state index contributed by atoms with van der Waals surface area (Å²) in [6.07, 6.45) is 16.0. The van der Waals surface area contributed by atoms with E-state index in [9.17, 15) is 19.1 Å². The molecule has 6 aromatic carbocycles. The molecule has 6 aromatic rings. The van der Waals surface area contributed by atoms with E-state index in [0.717, 1.165) is 205 Å². The van der Waals surface area contributed by atoms with E-state index in [1.807, 2.05) is 0 Å². The van der Waals surface area contributed by atoms with Gasteiger partial charge in [0.25, 0.3) is 0 Å². The van der Waals surface area contributed by atoms with Crippen LogP contribution in [-0.4, -0.2) is 78.6 Å². The van der Waals surface area contributed by atoms with E-state index < -0.39 is 19.1 Å². The number of halogens is 10. The number of hydrogen-bond acceptors (Lipinski definition) is 8. The van der Waals surface area contributed by atoms with Crippen LogP contribution in [0.15, 0.2) is 24.3 Å². The Morgan fingerprint density at radius 2 is 0.872 bits per heavy atom. The maximum absolute atomic E-state index is 13.4. The fourth-order valence-corrected chi connectivity index (χ4v) is 17.8. The predicted molar refractivity (Wildman–Crippen MR) is 336 cm³/mol. The first-order valence-corrected chi connectivity index (χ1v) is 32.4. The average molecular weight is 1430 g/mol. The highest BCUT2D eigenvalue weighted by Crippen LogP contribution is 2.55.